The van der Waals surface area contributed by atoms with Gasteiger partial charge in [-0.1, -0.05) is 12.1 Å². The molecule has 0 radical (unpaired) electrons. The van der Waals surface area contributed by atoms with Crippen molar-refractivity contribution in [2.45, 2.75) is 20.0 Å². The van der Waals surface area contributed by atoms with Gasteiger partial charge in [0.15, 0.2) is 5.75 Å². The lowest BCUT2D eigenvalue weighted by atomic mass is 10.3. The summed E-state index contributed by atoms with van der Waals surface area (Å²) in [6.45, 7) is 6.60. The molecule has 106 valence electrons. The second-order valence-electron chi connectivity index (χ2n) is 4.35. The summed E-state index contributed by atoms with van der Waals surface area (Å²) < 4.78 is 5.35. The smallest absolute Gasteiger partial charge is 0.310 e. The van der Waals surface area contributed by atoms with Gasteiger partial charge in [0.1, 0.15) is 19.3 Å². The number of benzene rings is 1. The average Bonchev–Trinajstić information content (AvgIpc) is 2.42. The first-order chi connectivity index (χ1) is 9.08. The zero-order valence-corrected chi connectivity index (χ0v) is 11.3. The van der Waals surface area contributed by atoms with Gasteiger partial charge in [0.25, 0.3) is 0 Å². The van der Waals surface area contributed by atoms with Crippen molar-refractivity contribution >= 4 is 5.69 Å². The van der Waals surface area contributed by atoms with E-state index in [-0.39, 0.29) is 18.0 Å². The Labute approximate surface area is 112 Å². The first kappa shape index (κ1) is 15.4. The van der Waals surface area contributed by atoms with E-state index in [9.17, 15) is 15.2 Å². The largest absolute Gasteiger partial charge is 0.484 e. The van der Waals surface area contributed by atoms with Gasteiger partial charge < -0.3 is 14.7 Å². The molecule has 0 aromatic heterocycles. The number of para-hydroxylation sites is 2. The maximum atomic E-state index is 10.8. The lowest BCUT2D eigenvalue weighted by Crippen LogP contribution is -3.12. The van der Waals surface area contributed by atoms with Gasteiger partial charge in [-0.3, -0.25) is 10.1 Å². The fraction of sp³-hybridized carbons (Fsp3) is 0.538. The van der Waals surface area contributed by atoms with E-state index >= 15 is 0 Å². The highest BCUT2D eigenvalue weighted by Crippen LogP contribution is 2.25. The average molecular weight is 269 g/mol. The van der Waals surface area contributed by atoms with Crippen molar-refractivity contribution in [1.82, 2.24) is 0 Å². The molecule has 6 nitrogen and oxygen atoms in total. The van der Waals surface area contributed by atoms with Crippen molar-refractivity contribution in [3.8, 4) is 5.75 Å². The van der Waals surface area contributed by atoms with Crippen molar-refractivity contribution in [2.75, 3.05) is 26.2 Å². The van der Waals surface area contributed by atoms with Crippen molar-refractivity contribution in [1.29, 1.82) is 0 Å². The molecule has 0 aliphatic carbocycles. The summed E-state index contributed by atoms with van der Waals surface area (Å²) in [5, 5.41) is 20.7. The molecule has 0 aliphatic heterocycles. The Kier molecular flexibility index (Phi) is 6.24. The third-order valence-electron chi connectivity index (χ3n) is 3.02. The molecule has 0 saturated heterocycles. The molecule has 0 unspecified atom stereocenters. The molecule has 0 aliphatic rings. The van der Waals surface area contributed by atoms with Gasteiger partial charge in [0.2, 0.25) is 0 Å². The topological polar surface area (TPSA) is 77.0 Å². The maximum absolute atomic E-state index is 10.8. The highest BCUT2D eigenvalue weighted by atomic mass is 16.6. The molecule has 0 fully saturated rings. The molecule has 1 rings (SSSR count). The van der Waals surface area contributed by atoms with E-state index < -0.39 is 11.0 Å². The maximum Gasteiger partial charge on any atom is 0.310 e. The predicted octanol–water partition coefficient (Wildman–Crippen LogP) is 0.259. The molecular weight excluding hydrogens is 248 g/mol. The van der Waals surface area contributed by atoms with Crippen LogP contribution in [0.5, 0.6) is 5.75 Å². The standard InChI is InChI=1S/C13H20N2O4/c1-3-14(4-2)9-11(16)10-19-13-8-6-5-7-12(13)15(17)18/h5-8,11,16H,3-4,9-10H2,1-2H3/p+1/t11-/m1/s1. The molecule has 0 heterocycles. The van der Waals surface area contributed by atoms with Crippen molar-refractivity contribution < 1.29 is 19.7 Å². The number of nitrogens with one attached hydrogen (secondary N) is 1. The van der Waals surface area contributed by atoms with Crippen molar-refractivity contribution in [3.05, 3.63) is 34.4 Å². The number of nitro benzene ring substituents is 1. The molecule has 1 aromatic carbocycles. The zero-order valence-electron chi connectivity index (χ0n) is 11.3. The molecule has 19 heavy (non-hydrogen) atoms. The number of rotatable bonds is 8. The molecule has 2 N–H and O–H groups in total. The second kappa shape index (κ2) is 7.70. The molecule has 0 spiro atoms. The Hall–Kier alpha value is -1.66. The summed E-state index contributed by atoms with van der Waals surface area (Å²) in [5.41, 5.74) is -0.0788. The van der Waals surface area contributed by atoms with E-state index in [0.29, 0.717) is 6.54 Å². The van der Waals surface area contributed by atoms with Crippen LogP contribution in [0.2, 0.25) is 0 Å². The number of ether oxygens (including phenoxy) is 1. The Morgan fingerprint density at radius 1 is 1.37 bits per heavy atom. The summed E-state index contributed by atoms with van der Waals surface area (Å²) in [4.78, 5) is 11.6. The van der Waals surface area contributed by atoms with Crippen molar-refractivity contribution in [3.63, 3.8) is 0 Å². The monoisotopic (exact) mass is 269 g/mol. The van der Waals surface area contributed by atoms with Crippen LogP contribution in [0.25, 0.3) is 0 Å². The highest BCUT2D eigenvalue weighted by Gasteiger charge is 2.17. The van der Waals surface area contributed by atoms with Crippen LogP contribution in [0.4, 0.5) is 5.69 Å². The van der Waals surface area contributed by atoms with Crippen LogP contribution >= 0.6 is 0 Å². The van der Waals surface area contributed by atoms with Crippen LogP contribution < -0.4 is 9.64 Å². The number of likely N-dealkylation sites (N-methyl/N-ethyl adjacent to an activating group) is 1. The number of hydrogen-bond acceptors (Lipinski definition) is 4. The summed E-state index contributed by atoms with van der Waals surface area (Å²) in [7, 11) is 0. The van der Waals surface area contributed by atoms with E-state index in [2.05, 4.69) is 13.8 Å². The lowest BCUT2D eigenvalue weighted by molar-refractivity contribution is -0.899. The van der Waals surface area contributed by atoms with Crippen LogP contribution in [0.15, 0.2) is 24.3 Å². The number of aliphatic hydroxyl groups is 1. The van der Waals surface area contributed by atoms with E-state index in [1.54, 1.807) is 12.1 Å². The SMILES string of the molecule is CC[NH+](CC)C[C@@H](O)COc1ccccc1[N+](=O)[O-]. The molecule has 1 aromatic rings. The number of nitrogens with zero attached hydrogens (tertiary/aromatic N) is 1. The first-order valence-electron chi connectivity index (χ1n) is 6.46. The Morgan fingerprint density at radius 2 is 2.00 bits per heavy atom. The van der Waals surface area contributed by atoms with Crippen LogP contribution in [-0.2, 0) is 0 Å². The number of quaternary nitrogens is 1. The van der Waals surface area contributed by atoms with Crippen LogP contribution in [0, 0.1) is 10.1 Å². The minimum Gasteiger partial charge on any atom is -0.484 e. The normalized spacial score (nSPS) is 12.4. The summed E-state index contributed by atoms with van der Waals surface area (Å²) in [6.07, 6.45) is -0.630. The predicted molar refractivity (Wildman–Crippen MR) is 71.5 cm³/mol. The van der Waals surface area contributed by atoms with Gasteiger partial charge in [0.05, 0.1) is 18.0 Å². The van der Waals surface area contributed by atoms with Gasteiger partial charge in [-0.05, 0) is 19.9 Å². The minimum atomic E-state index is -0.630. The zero-order chi connectivity index (χ0) is 14.3. The molecule has 6 heteroatoms. The summed E-state index contributed by atoms with van der Waals surface area (Å²) in [5.74, 6) is 0.195. The van der Waals surface area contributed by atoms with Crippen LogP contribution in [0.3, 0.4) is 0 Å². The van der Waals surface area contributed by atoms with E-state index in [0.717, 1.165) is 13.1 Å². The quantitative estimate of drug-likeness (QED) is 0.524. The highest BCUT2D eigenvalue weighted by molar-refractivity contribution is 5.45. The van der Waals surface area contributed by atoms with E-state index in [4.69, 9.17) is 4.74 Å². The molecule has 0 saturated carbocycles. The molecule has 0 bridgehead atoms. The molecule has 0 amide bonds. The third-order valence-corrected chi connectivity index (χ3v) is 3.02. The molecule has 1 atom stereocenters. The van der Waals surface area contributed by atoms with Gasteiger partial charge in [-0.2, -0.15) is 0 Å². The van der Waals surface area contributed by atoms with Gasteiger partial charge >= 0.3 is 5.69 Å². The van der Waals surface area contributed by atoms with Crippen LogP contribution in [0.1, 0.15) is 13.8 Å². The fourth-order valence-corrected chi connectivity index (χ4v) is 1.85. The molecular formula is C13H21N2O4+. The Morgan fingerprint density at radius 3 is 2.58 bits per heavy atom. The number of nitro groups is 1. The van der Waals surface area contributed by atoms with E-state index in [1.807, 2.05) is 0 Å². The number of aliphatic hydroxyl groups excluding tert-OH is 1. The third kappa shape index (κ3) is 4.84. The summed E-state index contributed by atoms with van der Waals surface area (Å²) >= 11 is 0. The Balaban J connectivity index is 2.55. The minimum absolute atomic E-state index is 0.0638. The van der Waals surface area contributed by atoms with Crippen LogP contribution in [-0.4, -0.2) is 42.4 Å². The van der Waals surface area contributed by atoms with Gasteiger partial charge in [-0.25, -0.2) is 0 Å². The second-order valence-corrected chi connectivity index (χ2v) is 4.35. The lowest BCUT2D eigenvalue weighted by Gasteiger charge is -2.19. The van der Waals surface area contributed by atoms with Gasteiger partial charge in [0, 0.05) is 6.07 Å². The first-order valence-corrected chi connectivity index (χ1v) is 6.46. The summed E-state index contributed by atoms with van der Waals surface area (Å²) in [6, 6.07) is 6.18. The van der Waals surface area contributed by atoms with E-state index in [1.165, 1.54) is 17.0 Å². The number of hydrogen-bond donors (Lipinski definition) is 2. The Bertz CT molecular complexity index is 407. The van der Waals surface area contributed by atoms with Crippen molar-refractivity contribution in [2.24, 2.45) is 0 Å². The fourth-order valence-electron chi connectivity index (χ4n) is 1.85. The van der Waals surface area contributed by atoms with Gasteiger partial charge in [-0.15, -0.1) is 0 Å².